The van der Waals surface area contributed by atoms with Crippen molar-refractivity contribution in [3.8, 4) is 0 Å². The molecule has 0 amide bonds. The van der Waals surface area contributed by atoms with Crippen molar-refractivity contribution in [1.29, 1.82) is 0 Å². The second-order valence-electron chi connectivity index (χ2n) is 3.27. The summed E-state index contributed by atoms with van der Waals surface area (Å²) in [6, 6.07) is 5.65. The molecule has 0 fully saturated rings. The largest absolute Gasteiger partial charge is 0.419 e. The van der Waals surface area contributed by atoms with E-state index in [1.54, 1.807) is 6.92 Å². The van der Waals surface area contributed by atoms with Crippen LogP contribution in [0.3, 0.4) is 0 Å². The lowest BCUT2D eigenvalue weighted by Crippen LogP contribution is -2.00. The van der Waals surface area contributed by atoms with E-state index in [1.807, 2.05) is 32.0 Å². The van der Waals surface area contributed by atoms with Crippen molar-refractivity contribution in [1.82, 2.24) is 0 Å². The predicted octanol–water partition coefficient (Wildman–Crippen LogP) is 3.29. The van der Waals surface area contributed by atoms with Crippen molar-refractivity contribution < 1.29 is 9.36 Å². The highest BCUT2D eigenvalue weighted by molar-refractivity contribution is 7.64. The second kappa shape index (κ2) is 4.47. The summed E-state index contributed by atoms with van der Waals surface area (Å²) in [5.74, 6) is 0. The standard InChI is InChI=1S/C11H14O2P/c1-4-14(13)11(12)10-8(2)6-5-7-9(10)3/h5-7H,4H2,1-3H3/q+1. The lowest BCUT2D eigenvalue weighted by atomic mass is 10.0. The Morgan fingerprint density at radius 3 is 2.21 bits per heavy atom. The molecule has 0 bridgehead atoms. The van der Waals surface area contributed by atoms with Gasteiger partial charge in [0.1, 0.15) is 0 Å². The van der Waals surface area contributed by atoms with Crippen molar-refractivity contribution in [2.45, 2.75) is 20.8 Å². The first-order valence-corrected chi connectivity index (χ1v) is 6.07. The van der Waals surface area contributed by atoms with E-state index in [2.05, 4.69) is 0 Å². The highest BCUT2D eigenvalue weighted by Crippen LogP contribution is 2.29. The Bertz CT molecular complexity index is 363. The van der Waals surface area contributed by atoms with Crippen molar-refractivity contribution >= 4 is 13.3 Å². The molecule has 74 valence electrons. The molecule has 14 heavy (non-hydrogen) atoms. The van der Waals surface area contributed by atoms with Gasteiger partial charge in [-0.15, -0.1) is 0 Å². The Morgan fingerprint density at radius 2 is 1.79 bits per heavy atom. The van der Waals surface area contributed by atoms with Crippen LogP contribution in [-0.4, -0.2) is 11.7 Å². The molecule has 1 rings (SSSR count). The van der Waals surface area contributed by atoms with Gasteiger partial charge in [0, 0.05) is 0 Å². The molecule has 0 N–H and O–H groups in total. The van der Waals surface area contributed by atoms with Gasteiger partial charge < -0.3 is 0 Å². The fraction of sp³-hybridized carbons (Fsp3) is 0.364. The van der Waals surface area contributed by atoms with Crippen LogP contribution in [-0.2, 0) is 4.57 Å². The van der Waals surface area contributed by atoms with Crippen LogP contribution in [0.4, 0.5) is 0 Å². The maximum atomic E-state index is 11.7. The van der Waals surface area contributed by atoms with Crippen LogP contribution in [0.15, 0.2) is 18.2 Å². The van der Waals surface area contributed by atoms with Gasteiger partial charge in [-0.1, -0.05) is 22.8 Å². The number of hydrogen-bond donors (Lipinski definition) is 0. The topological polar surface area (TPSA) is 34.1 Å². The zero-order valence-corrected chi connectivity index (χ0v) is 9.60. The highest BCUT2D eigenvalue weighted by atomic mass is 31.1. The first-order valence-electron chi connectivity index (χ1n) is 4.63. The summed E-state index contributed by atoms with van der Waals surface area (Å²) < 4.78 is 11.4. The van der Waals surface area contributed by atoms with Gasteiger partial charge in [0.15, 0.2) is 6.16 Å². The SMILES string of the molecule is CC[P+](=O)C(=O)c1c(C)cccc1C. The molecular formula is C11H14O2P+. The number of aryl methyl sites for hydroxylation is 2. The molecule has 2 nitrogen and oxygen atoms in total. The monoisotopic (exact) mass is 209 g/mol. The van der Waals surface area contributed by atoms with Crippen molar-refractivity contribution in [3.05, 3.63) is 34.9 Å². The quantitative estimate of drug-likeness (QED) is 0.716. The summed E-state index contributed by atoms with van der Waals surface area (Å²) in [5, 5.41) is 0. The van der Waals surface area contributed by atoms with E-state index in [1.165, 1.54) is 0 Å². The zero-order chi connectivity index (χ0) is 10.7. The number of benzene rings is 1. The Balaban J connectivity index is 3.19. The Kier molecular flexibility index (Phi) is 3.54. The van der Waals surface area contributed by atoms with Crippen LogP contribution >= 0.6 is 7.80 Å². The van der Waals surface area contributed by atoms with Crippen LogP contribution in [0.5, 0.6) is 0 Å². The van der Waals surface area contributed by atoms with Gasteiger partial charge >= 0.3 is 13.3 Å². The first kappa shape index (κ1) is 11.1. The lowest BCUT2D eigenvalue weighted by molar-refractivity contribution is 0.107. The van der Waals surface area contributed by atoms with Crippen molar-refractivity contribution in [3.63, 3.8) is 0 Å². The van der Waals surface area contributed by atoms with Gasteiger partial charge in [-0.25, -0.2) is 4.79 Å². The summed E-state index contributed by atoms with van der Waals surface area (Å²) in [6.07, 6.45) is 0.419. The third kappa shape index (κ3) is 2.08. The van der Waals surface area contributed by atoms with Gasteiger partial charge in [0.2, 0.25) is 0 Å². The van der Waals surface area contributed by atoms with Crippen LogP contribution in [0.25, 0.3) is 0 Å². The zero-order valence-electron chi connectivity index (χ0n) is 8.70. The molecular weight excluding hydrogens is 195 g/mol. The smallest absolute Gasteiger partial charge is 0.234 e. The van der Waals surface area contributed by atoms with Gasteiger partial charge in [-0.3, -0.25) is 0 Å². The van der Waals surface area contributed by atoms with E-state index in [0.29, 0.717) is 11.7 Å². The highest BCUT2D eigenvalue weighted by Gasteiger charge is 2.29. The van der Waals surface area contributed by atoms with E-state index >= 15 is 0 Å². The molecule has 0 spiro atoms. The normalized spacial score (nSPS) is 11.2. The third-order valence-electron chi connectivity index (χ3n) is 2.21. The fourth-order valence-electron chi connectivity index (χ4n) is 1.42. The summed E-state index contributed by atoms with van der Waals surface area (Å²) in [7, 11) is -1.74. The Labute approximate surface area is 85.1 Å². The van der Waals surface area contributed by atoms with Crippen LogP contribution < -0.4 is 0 Å². The summed E-state index contributed by atoms with van der Waals surface area (Å²) >= 11 is 0. The van der Waals surface area contributed by atoms with Gasteiger partial charge in [0.25, 0.3) is 0 Å². The average Bonchev–Trinajstić information content (AvgIpc) is 2.16. The molecule has 0 aliphatic heterocycles. The minimum absolute atomic E-state index is 0.210. The molecule has 0 aliphatic carbocycles. The number of carbonyl (C=O) groups excluding carboxylic acids is 1. The van der Waals surface area contributed by atoms with Gasteiger partial charge in [0.05, 0.1) is 5.56 Å². The third-order valence-corrected chi connectivity index (χ3v) is 3.46. The van der Waals surface area contributed by atoms with Crippen molar-refractivity contribution in [2.24, 2.45) is 0 Å². The number of rotatable bonds is 3. The fourth-order valence-corrected chi connectivity index (χ4v) is 2.31. The van der Waals surface area contributed by atoms with Gasteiger partial charge in [-0.2, -0.15) is 0 Å². The van der Waals surface area contributed by atoms with E-state index < -0.39 is 7.80 Å². The lowest BCUT2D eigenvalue weighted by Gasteiger charge is -2.01. The molecule has 1 unspecified atom stereocenters. The minimum Gasteiger partial charge on any atom is -0.234 e. The van der Waals surface area contributed by atoms with E-state index in [0.717, 1.165) is 11.1 Å². The minimum atomic E-state index is -1.74. The summed E-state index contributed by atoms with van der Waals surface area (Å²) in [6.45, 7) is 5.52. The number of hydrogen-bond acceptors (Lipinski definition) is 2. The second-order valence-corrected chi connectivity index (χ2v) is 5.06. The maximum Gasteiger partial charge on any atom is 0.419 e. The van der Waals surface area contributed by atoms with Crippen molar-refractivity contribution in [2.75, 3.05) is 6.16 Å². The molecule has 0 saturated carbocycles. The van der Waals surface area contributed by atoms with E-state index in [9.17, 15) is 9.36 Å². The molecule has 1 atom stereocenters. The molecule has 0 saturated heterocycles. The molecule has 0 radical (unpaired) electrons. The summed E-state index contributed by atoms with van der Waals surface area (Å²) in [4.78, 5) is 11.7. The van der Waals surface area contributed by atoms with Crippen LogP contribution in [0, 0.1) is 13.8 Å². The number of carbonyl (C=O) groups is 1. The van der Waals surface area contributed by atoms with Crippen LogP contribution in [0.1, 0.15) is 28.4 Å². The van der Waals surface area contributed by atoms with Gasteiger partial charge in [-0.05, 0) is 31.9 Å². The molecule has 3 heteroatoms. The molecule has 0 heterocycles. The van der Waals surface area contributed by atoms with Crippen LogP contribution in [0.2, 0.25) is 0 Å². The average molecular weight is 209 g/mol. The molecule has 1 aromatic rings. The van der Waals surface area contributed by atoms with E-state index in [-0.39, 0.29) is 5.52 Å². The molecule has 1 aromatic carbocycles. The molecule has 0 aromatic heterocycles. The van der Waals surface area contributed by atoms with E-state index in [4.69, 9.17) is 0 Å². The Hall–Kier alpha value is -1.01. The molecule has 0 aliphatic rings. The first-order chi connectivity index (χ1) is 6.57. The maximum absolute atomic E-state index is 11.7. The summed E-state index contributed by atoms with van der Waals surface area (Å²) in [5.41, 5.74) is 2.24. The Morgan fingerprint density at radius 1 is 1.29 bits per heavy atom. The predicted molar refractivity (Wildman–Crippen MR) is 58.4 cm³/mol.